The van der Waals surface area contributed by atoms with Gasteiger partial charge in [0.05, 0.1) is 25.2 Å². The minimum absolute atomic E-state index is 0.0435. The molecule has 0 aliphatic rings. The van der Waals surface area contributed by atoms with Crippen LogP contribution in [0.15, 0.2) is 48.6 Å². The highest BCUT2D eigenvalue weighted by atomic mass is 16.5. The van der Waals surface area contributed by atoms with E-state index in [1.807, 2.05) is 0 Å². The van der Waals surface area contributed by atoms with Gasteiger partial charge in [-0.1, -0.05) is 301 Å². The van der Waals surface area contributed by atoms with Gasteiger partial charge in [-0.2, -0.15) is 0 Å². The van der Waals surface area contributed by atoms with Gasteiger partial charge in [0, 0.05) is 6.42 Å². The maximum absolute atomic E-state index is 13.3. The molecule has 0 bridgehead atoms. The number of unbranched alkanes of at least 4 members (excludes halogenated alkanes) is 37. The van der Waals surface area contributed by atoms with Gasteiger partial charge in [-0.05, 0) is 64.2 Å². The Bertz CT molecular complexity index is 1210. The van der Waals surface area contributed by atoms with Crippen LogP contribution in [0.1, 0.15) is 329 Å². The van der Waals surface area contributed by atoms with Crippen LogP contribution in [-0.2, 0) is 14.3 Å². The zero-order valence-electron chi connectivity index (χ0n) is 47.6. The van der Waals surface area contributed by atoms with E-state index in [0.29, 0.717) is 19.3 Å². The lowest BCUT2D eigenvalue weighted by atomic mass is 10.0. The second kappa shape index (κ2) is 58.7. The first-order valence-corrected chi connectivity index (χ1v) is 31.4. The fourth-order valence-corrected chi connectivity index (χ4v) is 9.66. The summed E-state index contributed by atoms with van der Waals surface area (Å²) in [5.41, 5.74) is 0. The van der Waals surface area contributed by atoms with Gasteiger partial charge >= 0.3 is 5.97 Å². The maximum atomic E-state index is 13.3. The van der Waals surface area contributed by atoms with Crippen LogP contribution in [0.5, 0.6) is 0 Å². The Kier molecular flexibility index (Phi) is 56.9. The molecule has 6 heteroatoms. The molecular weight excluding hydrogens is 875 g/mol. The van der Waals surface area contributed by atoms with Crippen molar-refractivity contribution in [2.45, 2.75) is 347 Å². The van der Waals surface area contributed by atoms with E-state index in [1.54, 1.807) is 0 Å². The molecule has 416 valence electrons. The third kappa shape index (κ3) is 53.9. The Morgan fingerprint density at radius 3 is 1.11 bits per heavy atom. The van der Waals surface area contributed by atoms with Crippen LogP contribution in [0.3, 0.4) is 0 Å². The number of nitrogens with one attached hydrogen (secondary N) is 1. The second-order valence-electron chi connectivity index (χ2n) is 21.5. The van der Waals surface area contributed by atoms with E-state index >= 15 is 0 Å². The van der Waals surface area contributed by atoms with Crippen molar-refractivity contribution in [2.24, 2.45) is 0 Å². The Morgan fingerprint density at radius 2 is 0.732 bits per heavy atom. The highest BCUT2D eigenvalue weighted by Gasteiger charge is 2.24. The van der Waals surface area contributed by atoms with Gasteiger partial charge in [0.25, 0.3) is 0 Å². The number of allylic oxidation sites excluding steroid dienone is 8. The lowest BCUT2D eigenvalue weighted by Crippen LogP contribution is -2.46. The normalized spacial score (nSPS) is 13.4. The summed E-state index contributed by atoms with van der Waals surface area (Å²) in [6, 6.07) is -0.719. The van der Waals surface area contributed by atoms with Crippen molar-refractivity contribution in [1.82, 2.24) is 5.32 Å². The molecule has 0 saturated heterocycles. The largest absolute Gasteiger partial charge is 0.462 e. The first kappa shape index (κ1) is 68.8. The van der Waals surface area contributed by atoms with Crippen molar-refractivity contribution in [1.29, 1.82) is 0 Å². The number of aliphatic hydroxyl groups excluding tert-OH is 2. The van der Waals surface area contributed by atoms with Crippen LogP contribution in [-0.4, -0.2) is 46.9 Å². The Labute approximate surface area is 442 Å². The van der Waals surface area contributed by atoms with Gasteiger partial charge in [0.2, 0.25) is 5.91 Å². The van der Waals surface area contributed by atoms with Gasteiger partial charge in [0.1, 0.15) is 6.10 Å². The van der Waals surface area contributed by atoms with Gasteiger partial charge < -0.3 is 20.3 Å². The third-order valence-corrected chi connectivity index (χ3v) is 14.4. The predicted molar refractivity (Wildman–Crippen MR) is 310 cm³/mol. The van der Waals surface area contributed by atoms with E-state index in [2.05, 4.69) is 74.7 Å². The molecule has 0 spiro atoms. The fourth-order valence-electron chi connectivity index (χ4n) is 9.66. The van der Waals surface area contributed by atoms with E-state index in [-0.39, 0.29) is 24.9 Å². The average molecular weight is 997 g/mol. The van der Waals surface area contributed by atoms with Gasteiger partial charge in [0.15, 0.2) is 0 Å². The number of ether oxygens (including phenoxy) is 1. The fraction of sp³-hybridized carbons (Fsp3) is 0.846. The number of carbonyl (C=O) groups excluding carboxylic acids is 2. The summed E-state index contributed by atoms with van der Waals surface area (Å²) in [5, 5.41) is 23.9. The quantitative estimate of drug-likeness (QED) is 0.0321. The molecular formula is C65H121NO5. The average Bonchev–Trinajstić information content (AvgIpc) is 3.36. The summed E-state index contributed by atoms with van der Waals surface area (Å²) in [6.45, 7) is 6.49. The molecule has 0 aromatic rings. The molecule has 1 amide bonds. The van der Waals surface area contributed by atoms with Crippen LogP contribution >= 0.6 is 0 Å². The van der Waals surface area contributed by atoms with E-state index in [9.17, 15) is 19.8 Å². The lowest BCUT2D eigenvalue weighted by Gasteiger charge is -2.24. The number of hydrogen-bond donors (Lipinski definition) is 3. The van der Waals surface area contributed by atoms with Crippen LogP contribution in [0.25, 0.3) is 0 Å². The number of rotatable bonds is 57. The number of carbonyl (C=O) groups is 2. The SMILES string of the molecule is CCCCC/C=C\C/C=C\C/C=C\C/C=C\CCCC(CC(=O)NC(CO)C(O)CCCCCCCCCCCCCCCCCC)OC(=O)CCCCCCCCCCCCCCCCCCCCC. The van der Waals surface area contributed by atoms with Crippen molar-refractivity contribution >= 4 is 11.9 Å². The molecule has 6 nitrogen and oxygen atoms in total. The molecule has 3 unspecified atom stereocenters. The van der Waals surface area contributed by atoms with Crippen LogP contribution in [0, 0.1) is 0 Å². The summed E-state index contributed by atoms with van der Waals surface area (Å²) in [7, 11) is 0. The summed E-state index contributed by atoms with van der Waals surface area (Å²) < 4.78 is 5.96. The molecule has 0 saturated carbocycles. The van der Waals surface area contributed by atoms with Crippen LogP contribution in [0.4, 0.5) is 0 Å². The summed E-state index contributed by atoms with van der Waals surface area (Å²) in [5.74, 6) is -0.510. The van der Waals surface area contributed by atoms with E-state index in [1.165, 1.54) is 212 Å². The number of esters is 1. The summed E-state index contributed by atoms with van der Waals surface area (Å²) in [4.78, 5) is 26.4. The molecule has 0 aliphatic carbocycles. The molecule has 0 aromatic carbocycles. The molecule has 0 aliphatic heterocycles. The molecule has 0 rings (SSSR count). The third-order valence-electron chi connectivity index (χ3n) is 14.4. The molecule has 0 aromatic heterocycles. The van der Waals surface area contributed by atoms with Crippen LogP contribution in [0.2, 0.25) is 0 Å². The summed E-state index contributed by atoms with van der Waals surface area (Å²) in [6.07, 6.45) is 73.3. The van der Waals surface area contributed by atoms with E-state index in [0.717, 1.165) is 70.6 Å². The molecule has 3 atom stereocenters. The smallest absolute Gasteiger partial charge is 0.306 e. The molecule has 3 N–H and O–H groups in total. The zero-order valence-corrected chi connectivity index (χ0v) is 47.6. The van der Waals surface area contributed by atoms with Crippen molar-refractivity contribution in [2.75, 3.05) is 6.61 Å². The first-order valence-electron chi connectivity index (χ1n) is 31.4. The standard InChI is InChI=1S/C65H121NO5/c1-4-7-10-13-16-19-22-25-28-31-32-34-37-40-43-46-49-52-55-58-65(70)71-61(56-53-50-47-44-41-38-35-33-29-26-23-20-17-14-11-8-5-2)59-64(69)66-62(60-67)63(68)57-54-51-48-45-42-39-36-30-27-24-21-18-15-12-9-6-3/h17,20,26,29,35,38,44,47,61-63,67-68H,4-16,18-19,21-25,27-28,30-34,36-37,39-43,45-46,48-60H2,1-3H3,(H,66,69)/b20-17-,29-26-,38-35-,47-44-. The minimum atomic E-state index is -0.802. The molecule has 71 heavy (non-hydrogen) atoms. The number of amides is 1. The number of aliphatic hydroxyl groups is 2. The van der Waals surface area contributed by atoms with E-state index < -0.39 is 18.2 Å². The van der Waals surface area contributed by atoms with Crippen molar-refractivity contribution in [3.63, 3.8) is 0 Å². The molecule has 0 fully saturated rings. The Balaban J connectivity index is 4.59. The van der Waals surface area contributed by atoms with Crippen LogP contribution < -0.4 is 5.32 Å². The van der Waals surface area contributed by atoms with Gasteiger partial charge in [-0.3, -0.25) is 9.59 Å². The highest BCUT2D eigenvalue weighted by Crippen LogP contribution is 2.19. The summed E-state index contributed by atoms with van der Waals surface area (Å²) >= 11 is 0. The minimum Gasteiger partial charge on any atom is -0.462 e. The monoisotopic (exact) mass is 996 g/mol. The Hall–Kier alpha value is -2.18. The Morgan fingerprint density at radius 1 is 0.408 bits per heavy atom. The molecule has 0 radical (unpaired) electrons. The van der Waals surface area contributed by atoms with Gasteiger partial charge in [-0.15, -0.1) is 0 Å². The first-order chi connectivity index (χ1) is 35.0. The maximum Gasteiger partial charge on any atom is 0.306 e. The number of hydrogen-bond acceptors (Lipinski definition) is 5. The van der Waals surface area contributed by atoms with Crippen molar-refractivity contribution in [3.8, 4) is 0 Å². The van der Waals surface area contributed by atoms with Crippen molar-refractivity contribution < 1.29 is 24.5 Å². The lowest BCUT2D eigenvalue weighted by molar-refractivity contribution is -0.151. The topological polar surface area (TPSA) is 95.9 Å². The predicted octanol–water partition coefficient (Wildman–Crippen LogP) is 19.7. The van der Waals surface area contributed by atoms with Crippen molar-refractivity contribution in [3.05, 3.63) is 48.6 Å². The van der Waals surface area contributed by atoms with Gasteiger partial charge in [-0.25, -0.2) is 0 Å². The zero-order chi connectivity index (χ0) is 51.6. The highest BCUT2D eigenvalue weighted by molar-refractivity contribution is 5.77. The van der Waals surface area contributed by atoms with E-state index in [4.69, 9.17) is 4.74 Å². The molecule has 0 heterocycles. The second-order valence-corrected chi connectivity index (χ2v) is 21.5.